The van der Waals surface area contributed by atoms with E-state index in [0.717, 1.165) is 5.69 Å². The Morgan fingerprint density at radius 2 is 2.11 bits per heavy atom. The first-order chi connectivity index (χ1) is 8.69. The topological polar surface area (TPSA) is 47.0 Å². The lowest BCUT2D eigenvalue weighted by Gasteiger charge is -2.06. The molecule has 0 amide bonds. The first-order valence-electron chi connectivity index (χ1n) is 5.29. The molecule has 18 heavy (non-hydrogen) atoms. The Kier molecular flexibility index (Phi) is 4.22. The molecule has 1 heterocycles. The van der Waals surface area contributed by atoms with Crippen LogP contribution in [0.5, 0.6) is 11.6 Å². The van der Waals surface area contributed by atoms with E-state index in [1.165, 1.54) is 18.2 Å². The van der Waals surface area contributed by atoms with Crippen molar-refractivity contribution >= 4 is 15.9 Å². The summed E-state index contributed by atoms with van der Waals surface area (Å²) in [5.74, 6) is 0.527. The van der Waals surface area contributed by atoms with Gasteiger partial charge in [0, 0.05) is 12.6 Å². The van der Waals surface area contributed by atoms with Crippen LogP contribution in [0.2, 0.25) is 0 Å². The number of hydrogen-bond acceptors (Lipinski definition) is 4. The molecule has 1 N–H and O–H groups in total. The Morgan fingerprint density at radius 1 is 1.28 bits per heavy atom. The summed E-state index contributed by atoms with van der Waals surface area (Å²) in [6, 6.07) is 7.72. The molecule has 0 radical (unpaired) electrons. The number of nitrogens with one attached hydrogen (secondary N) is 1. The van der Waals surface area contributed by atoms with Gasteiger partial charge in [0.15, 0.2) is 0 Å². The molecule has 0 atom stereocenters. The van der Waals surface area contributed by atoms with Crippen molar-refractivity contribution in [2.24, 2.45) is 0 Å². The fourth-order valence-electron chi connectivity index (χ4n) is 1.35. The molecule has 0 saturated heterocycles. The van der Waals surface area contributed by atoms with Gasteiger partial charge in [0.2, 0.25) is 5.88 Å². The third kappa shape index (κ3) is 3.24. The molecule has 1 aromatic carbocycles. The van der Waals surface area contributed by atoms with Gasteiger partial charge in [-0.3, -0.25) is 0 Å². The minimum Gasteiger partial charge on any atom is -0.436 e. The largest absolute Gasteiger partial charge is 0.436 e. The van der Waals surface area contributed by atoms with E-state index in [9.17, 15) is 4.39 Å². The molecule has 6 heteroatoms. The minimum absolute atomic E-state index is 0.329. The Morgan fingerprint density at radius 3 is 2.72 bits per heavy atom. The van der Waals surface area contributed by atoms with Crippen LogP contribution in [0.3, 0.4) is 0 Å². The highest BCUT2D eigenvalue weighted by atomic mass is 79.9. The lowest BCUT2D eigenvalue weighted by Crippen LogP contribution is -2.07. The van der Waals surface area contributed by atoms with Crippen molar-refractivity contribution in [2.75, 3.05) is 7.05 Å². The van der Waals surface area contributed by atoms with E-state index in [4.69, 9.17) is 4.74 Å². The van der Waals surface area contributed by atoms with Crippen molar-refractivity contribution in [2.45, 2.75) is 6.54 Å². The molecule has 1 aromatic heterocycles. The minimum atomic E-state index is -0.329. The van der Waals surface area contributed by atoms with Crippen molar-refractivity contribution in [1.82, 2.24) is 15.5 Å². The molecule has 0 bridgehead atoms. The van der Waals surface area contributed by atoms with Crippen LogP contribution in [0, 0.1) is 5.82 Å². The average Bonchev–Trinajstić information content (AvgIpc) is 2.35. The summed E-state index contributed by atoms with van der Waals surface area (Å²) in [4.78, 5) is 0. The van der Waals surface area contributed by atoms with E-state index < -0.39 is 0 Å². The number of nitrogens with zero attached hydrogens (tertiary/aromatic N) is 2. The van der Waals surface area contributed by atoms with Crippen molar-refractivity contribution in [3.8, 4) is 11.6 Å². The third-order valence-corrected chi connectivity index (χ3v) is 2.78. The van der Waals surface area contributed by atoms with Gasteiger partial charge in [-0.25, -0.2) is 4.39 Å². The van der Waals surface area contributed by atoms with Crippen LogP contribution in [0.1, 0.15) is 5.69 Å². The number of hydrogen-bond donors (Lipinski definition) is 1. The zero-order chi connectivity index (χ0) is 13.0. The van der Waals surface area contributed by atoms with Crippen LogP contribution in [-0.4, -0.2) is 17.2 Å². The molecule has 2 aromatic rings. The molecular weight excluding hydrogens is 301 g/mol. The van der Waals surface area contributed by atoms with Gasteiger partial charge >= 0.3 is 0 Å². The fourth-order valence-corrected chi connectivity index (χ4v) is 1.78. The van der Waals surface area contributed by atoms with Gasteiger partial charge in [-0.05, 0) is 47.2 Å². The van der Waals surface area contributed by atoms with Gasteiger partial charge in [0.25, 0.3) is 0 Å². The van der Waals surface area contributed by atoms with Gasteiger partial charge in [-0.2, -0.15) is 5.10 Å². The lowest BCUT2D eigenvalue weighted by atomic mass is 10.3. The molecule has 0 fully saturated rings. The smallest absolute Gasteiger partial charge is 0.238 e. The molecular formula is C12H11BrFN3O. The van der Waals surface area contributed by atoms with E-state index in [2.05, 4.69) is 31.4 Å². The molecule has 0 aliphatic carbocycles. The van der Waals surface area contributed by atoms with Gasteiger partial charge in [-0.15, -0.1) is 5.10 Å². The second-order valence-electron chi connectivity index (χ2n) is 3.57. The third-order valence-electron chi connectivity index (χ3n) is 2.16. The number of rotatable bonds is 4. The molecule has 94 valence electrons. The van der Waals surface area contributed by atoms with Gasteiger partial charge in [0.05, 0.1) is 10.2 Å². The summed E-state index contributed by atoms with van der Waals surface area (Å²) < 4.78 is 18.9. The Hall–Kier alpha value is -1.53. The number of ether oxygens (including phenoxy) is 1. The number of halogens is 2. The maximum absolute atomic E-state index is 12.9. The van der Waals surface area contributed by atoms with Gasteiger partial charge in [-0.1, -0.05) is 0 Å². The van der Waals surface area contributed by atoms with Gasteiger partial charge in [0.1, 0.15) is 11.6 Å². The Labute approximate surface area is 112 Å². The van der Waals surface area contributed by atoms with Crippen molar-refractivity contribution in [3.63, 3.8) is 0 Å². The molecule has 0 aliphatic heterocycles. The average molecular weight is 312 g/mol. The van der Waals surface area contributed by atoms with E-state index in [-0.39, 0.29) is 5.82 Å². The summed E-state index contributed by atoms with van der Waals surface area (Å²) >= 11 is 3.22. The monoisotopic (exact) mass is 311 g/mol. The quantitative estimate of drug-likeness (QED) is 0.943. The number of benzene rings is 1. The number of aromatic nitrogens is 2. The van der Waals surface area contributed by atoms with Crippen LogP contribution in [0.4, 0.5) is 4.39 Å². The fraction of sp³-hybridized carbons (Fsp3) is 0.167. The standard InChI is InChI=1S/C12H11BrFN3O/c1-15-7-9-3-5-12(17-16-9)18-11-4-2-8(14)6-10(11)13/h2-6,15H,7H2,1H3. The Balaban J connectivity index is 2.13. The maximum atomic E-state index is 12.9. The summed E-state index contributed by atoms with van der Waals surface area (Å²) in [6.07, 6.45) is 0. The SMILES string of the molecule is CNCc1ccc(Oc2ccc(F)cc2Br)nn1. The highest BCUT2D eigenvalue weighted by Crippen LogP contribution is 2.28. The molecule has 0 aliphatic rings. The molecule has 0 spiro atoms. The summed E-state index contributed by atoms with van der Waals surface area (Å²) in [6.45, 7) is 0.646. The van der Waals surface area contributed by atoms with Crippen molar-refractivity contribution in [3.05, 3.63) is 46.3 Å². The van der Waals surface area contributed by atoms with E-state index in [1.54, 1.807) is 6.07 Å². The van der Waals surface area contributed by atoms with Crippen molar-refractivity contribution < 1.29 is 9.13 Å². The normalized spacial score (nSPS) is 10.4. The zero-order valence-electron chi connectivity index (χ0n) is 9.65. The predicted octanol–water partition coefficient (Wildman–Crippen LogP) is 2.89. The lowest BCUT2D eigenvalue weighted by molar-refractivity contribution is 0.449. The Bertz CT molecular complexity index is 533. The van der Waals surface area contributed by atoms with Crippen LogP contribution >= 0.6 is 15.9 Å². The van der Waals surface area contributed by atoms with Crippen LogP contribution in [-0.2, 0) is 6.54 Å². The van der Waals surface area contributed by atoms with Crippen LogP contribution in [0.15, 0.2) is 34.8 Å². The highest BCUT2D eigenvalue weighted by molar-refractivity contribution is 9.10. The van der Waals surface area contributed by atoms with Crippen LogP contribution < -0.4 is 10.1 Å². The van der Waals surface area contributed by atoms with Crippen LogP contribution in [0.25, 0.3) is 0 Å². The predicted molar refractivity (Wildman–Crippen MR) is 69.0 cm³/mol. The summed E-state index contributed by atoms with van der Waals surface area (Å²) in [5.41, 5.74) is 0.822. The molecule has 0 saturated carbocycles. The molecule has 0 unspecified atom stereocenters. The van der Waals surface area contributed by atoms with Gasteiger partial charge < -0.3 is 10.1 Å². The maximum Gasteiger partial charge on any atom is 0.238 e. The summed E-state index contributed by atoms with van der Waals surface area (Å²) in [7, 11) is 1.84. The van der Waals surface area contributed by atoms with E-state index in [0.29, 0.717) is 22.6 Å². The summed E-state index contributed by atoms with van der Waals surface area (Å²) in [5, 5.41) is 10.9. The zero-order valence-corrected chi connectivity index (χ0v) is 11.2. The highest BCUT2D eigenvalue weighted by Gasteiger charge is 2.05. The second-order valence-corrected chi connectivity index (χ2v) is 4.42. The first-order valence-corrected chi connectivity index (χ1v) is 6.08. The second kappa shape index (κ2) is 5.88. The molecule has 2 rings (SSSR count). The molecule has 4 nitrogen and oxygen atoms in total. The van der Waals surface area contributed by atoms with Crippen molar-refractivity contribution in [1.29, 1.82) is 0 Å². The first kappa shape index (κ1) is 12.9. The van der Waals surface area contributed by atoms with E-state index >= 15 is 0 Å². The van der Waals surface area contributed by atoms with E-state index in [1.807, 2.05) is 13.1 Å².